The third-order valence-corrected chi connectivity index (χ3v) is 7.40. The highest BCUT2D eigenvalue weighted by Gasteiger charge is 2.19. The van der Waals surface area contributed by atoms with Crippen molar-refractivity contribution in [2.45, 2.75) is 6.92 Å². The van der Waals surface area contributed by atoms with Gasteiger partial charge in [-0.05, 0) is 73.2 Å². The number of ether oxygens (including phenoxy) is 1. The van der Waals surface area contributed by atoms with Crippen molar-refractivity contribution in [3.63, 3.8) is 0 Å². The van der Waals surface area contributed by atoms with Crippen molar-refractivity contribution >= 4 is 84.6 Å². The van der Waals surface area contributed by atoms with E-state index in [1.165, 1.54) is 11.3 Å². The predicted octanol–water partition coefficient (Wildman–Crippen LogP) is 6.39. The number of methoxy groups -OCH3 is 1. The van der Waals surface area contributed by atoms with E-state index in [0.29, 0.717) is 26.1 Å². The van der Waals surface area contributed by atoms with E-state index >= 15 is 0 Å². The van der Waals surface area contributed by atoms with Gasteiger partial charge in [0.25, 0.3) is 5.91 Å². The van der Waals surface area contributed by atoms with Gasteiger partial charge in [-0.2, -0.15) is 4.80 Å². The average Bonchev–Trinajstić information content (AvgIpc) is 3.39. The Morgan fingerprint density at radius 1 is 1.06 bits per heavy atom. The zero-order chi connectivity index (χ0) is 24.7. The Kier molecular flexibility index (Phi) is 6.33. The molecular weight excluding hydrogens is 525 g/mol. The summed E-state index contributed by atoms with van der Waals surface area (Å²) in [6, 6.07) is 16.5. The maximum atomic E-state index is 12.8. The van der Waals surface area contributed by atoms with E-state index in [4.69, 9.17) is 40.2 Å². The molecule has 0 unspecified atom stereocenters. The minimum Gasteiger partial charge on any atom is -0.497 e. The highest BCUT2D eigenvalue weighted by Crippen LogP contribution is 2.36. The third-order valence-electron chi connectivity index (χ3n) is 5.30. The minimum atomic E-state index is -0.394. The van der Waals surface area contributed by atoms with E-state index in [1.54, 1.807) is 30.1 Å². The van der Waals surface area contributed by atoms with Gasteiger partial charge in [-0.15, -0.1) is 21.5 Å². The van der Waals surface area contributed by atoms with Crippen LogP contribution in [0.1, 0.15) is 15.2 Å². The molecule has 0 aliphatic carbocycles. The Balaban J connectivity index is 1.35. The van der Waals surface area contributed by atoms with Crippen LogP contribution in [0.3, 0.4) is 0 Å². The van der Waals surface area contributed by atoms with Crippen LogP contribution < -0.4 is 15.4 Å². The van der Waals surface area contributed by atoms with Gasteiger partial charge < -0.3 is 10.1 Å². The zero-order valence-electron chi connectivity index (χ0n) is 18.4. The molecule has 7 nitrogen and oxygen atoms in total. The van der Waals surface area contributed by atoms with E-state index < -0.39 is 5.91 Å². The number of aromatic nitrogens is 3. The van der Waals surface area contributed by atoms with Gasteiger partial charge in [0.05, 0.1) is 17.8 Å². The number of thiophene rings is 1. The van der Waals surface area contributed by atoms with Crippen LogP contribution in [0.5, 0.6) is 5.75 Å². The van der Waals surface area contributed by atoms with Crippen molar-refractivity contribution in [2.75, 3.05) is 12.4 Å². The standard InChI is InChI=1S/C24H17Cl2N5O2S2/c1-12-9-18-19(30-31(29-18)14-4-6-15(33-2)7-5-14)11-17(12)27-24(34)28-23(32)22-21(26)16-8-3-13(25)10-20(16)35-22/h3-11H,1-2H3,(H2,27,28,32,34). The van der Waals surface area contributed by atoms with Crippen molar-refractivity contribution in [1.82, 2.24) is 20.3 Å². The molecule has 5 rings (SSSR count). The van der Waals surface area contributed by atoms with E-state index in [9.17, 15) is 4.79 Å². The van der Waals surface area contributed by atoms with Crippen molar-refractivity contribution in [2.24, 2.45) is 0 Å². The van der Waals surface area contributed by atoms with E-state index in [1.807, 2.05) is 43.3 Å². The monoisotopic (exact) mass is 541 g/mol. The number of thiocarbonyl (C=S) groups is 1. The molecule has 176 valence electrons. The first-order valence-electron chi connectivity index (χ1n) is 10.3. The molecule has 0 saturated carbocycles. The summed E-state index contributed by atoms with van der Waals surface area (Å²) in [4.78, 5) is 14.8. The van der Waals surface area contributed by atoms with Gasteiger partial charge >= 0.3 is 0 Å². The number of carbonyl (C=O) groups is 1. The lowest BCUT2D eigenvalue weighted by Crippen LogP contribution is -2.34. The lowest BCUT2D eigenvalue weighted by atomic mass is 10.2. The quantitative estimate of drug-likeness (QED) is 0.257. The van der Waals surface area contributed by atoms with Gasteiger partial charge in [-0.3, -0.25) is 10.1 Å². The van der Waals surface area contributed by atoms with E-state index in [0.717, 1.165) is 32.6 Å². The summed E-state index contributed by atoms with van der Waals surface area (Å²) >= 11 is 19.1. The molecule has 35 heavy (non-hydrogen) atoms. The first kappa shape index (κ1) is 23.5. The molecule has 0 spiro atoms. The second kappa shape index (κ2) is 9.43. The van der Waals surface area contributed by atoms with E-state index in [2.05, 4.69) is 20.8 Å². The molecule has 3 aromatic carbocycles. The Morgan fingerprint density at radius 2 is 1.77 bits per heavy atom. The minimum absolute atomic E-state index is 0.145. The molecule has 0 aliphatic heterocycles. The molecule has 5 aromatic rings. The molecule has 0 saturated heterocycles. The maximum absolute atomic E-state index is 12.8. The largest absolute Gasteiger partial charge is 0.497 e. The van der Waals surface area contributed by atoms with Gasteiger partial charge in [-0.25, -0.2) is 0 Å². The van der Waals surface area contributed by atoms with Gasteiger partial charge in [-0.1, -0.05) is 29.3 Å². The Bertz CT molecular complexity index is 1610. The number of rotatable bonds is 4. The van der Waals surface area contributed by atoms with Crippen molar-refractivity contribution in [1.29, 1.82) is 0 Å². The topological polar surface area (TPSA) is 81.1 Å². The number of hydrogen-bond donors (Lipinski definition) is 2. The Hall–Kier alpha value is -3.24. The van der Waals surface area contributed by atoms with Crippen LogP contribution in [-0.4, -0.2) is 33.1 Å². The number of halogens is 2. The fourth-order valence-electron chi connectivity index (χ4n) is 3.53. The summed E-state index contributed by atoms with van der Waals surface area (Å²) in [7, 11) is 1.62. The second-order valence-electron chi connectivity index (χ2n) is 7.64. The first-order chi connectivity index (χ1) is 16.8. The molecule has 0 bridgehead atoms. The SMILES string of the molecule is COc1ccc(-n2nc3cc(C)c(NC(=S)NC(=O)c4sc5cc(Cl)ccc5c4Cl)cc3n2)cc1. The second-order valence-corrected chi connectivity index (χ2v) is 9.91. The Labute approximate surface area is 219 Å². The van der Waals surface area contributed by atoms with Gasteiger partial charge in [0.2, 0.25) is 0 Å². The molecule has 0 aliphatic rings. The van der Waals surface area contributed by atoms with Crippen LogP contribution in [0.4, 0.5) is 5.69 Å². The fourth-order valence-corrected chi connectivity index (χ4v) is 5.42. The smallest absolute Gasteiger partial charge is 0.269 e. The van der Waals surface area contributed by atoms with Gasteiger partial charge in [0.1, 0.15) is 21.7 Å². The van der Waals surface area contributed by atoms with E-state index in [-0.39, 0.29) is 5.11 Å². The number of fused-ring (bicyclic) bond motifs is 2. The van der Waals surface area contributed by atoms with Crippen molar-refractivity contribution in [3.05, 3.63) is 75.1 Å². The molecule has 1 amide bonds. The molecule has 2 heterocycles. The number of hydrogen-bond acceptors (Lipinski definition) is 6. The Morgan fingerprint density at radius 3 is 2.49 bits per heavy atom. The fraction of sp³-hybridized carbons (Fsp3) is 0.0833. The number of amides is 1. The summed E-state index contributed by atoms with van der Waals surface area (Å²) in [6.07, 6.45) is 0. The van der Waals surface area contributed by atoms with Crippen LogP contribution in [-0.2, 0) is 0 Å². The van der Waals surface area contributed by atoms with Crippen LogP contribution in [0.25, 0.3) is 26.8 Å². The number of nitrogens with zero attached hydrogens (tertiary/aromatic N) is 3. The molecule has 0 radical (unpaired) electrons. The summed E-state index contributed by atoms with van der Waals surface area (Å²) in [6.45, 7) is 1.92. The molecule has 2 aromatic heterocycles. The van der Waals surface area contributed by atoms with Crippen LogP contribution in [0, 0.1) is 6.92 Å². The van der Waals surface area contributed by atoms with Crippen molar-refractivity contribution < 1.29 is 9.53 Å². The van der Waals surface area contributed by atoms with Crippen LogP contribution in [0.2, 0.25) is 10.0 Å². The normalized spacial score (nSPS) is 11.1. The van der Waals surface area contributed by atoms with Crippen molar-refractivity contribution in [3.8, 4) is 11.4 Å². The average molecular weight is 542 g/mol. The molecular formula is C24H17Cl2N5O2S2. The predicted molar refractivity (Wildman–Crippen MR) is 146 cm³/mol. The number of nitrogens with one attached hydrogen (secondary N) is 2. The maximum Gasteiger partial charge on any atom is 0.269 e. The highest BCUT2D eigenvalue weighted by molar-refractivity contribution is 7.80. The number of anilines is 1. The zero-order valence-corrected chi connectivity index (χ0v) is 21.6. The third kappa shape index (κ3) is 4.68. The molecule has 2 N–H and O–H groups in total. The summed E-state index contributed by atoms with van der Waals surface area (Å²) in [5.41, 5.74) is 3.81. The lowest BCUT2D eigenvalue weighted by molar-refractivity contribution is 0.0982. The first-order valence-corrected chi connectivity index (χ1v) is 12.3. The highest BCUT2D eigenvalue weighted by atomic mass is 35.5. The summed E-state index contributed by atoms with van der Waals surface area (Å²) in [5, 5.41) is 16.8. The number of aryl methyl sites for hydroxylation is 1. The summed E-state index contributed by atoms with van der Waals surface area (Å²) < 4.78 is 6.03. The molecule has 0 atom stereocenters. The van der Waals surface area contributed by atoms with Crippen LogP contribution >= 0.6 is 46.8 Å². The lowest BCUT2D eigenvalue weighted by Gasteiger charge is -2.11. The van der Waals surface area contributed by atoms with Gasteiger partial charge in [0.15, 0.2) is 5.11 Å². The summed E-state index contributed by atoms with van der Waals surface area (Å²) in [5.74, 6) is 0.359. The molecule has 0 fully saturated rings. The molecule has 11 heteroatoms. The number of benzene rings is 3. The van der Waals surface area contributed by atoms with Crippen LogP contribution in [0.15, 0.2) is 54.6 Å². The number of carbonyl (C=O) groups excluding carboxylic acids is 1. The van der Waals surface area contributed by atoms with Gasteiger partial charge in [0, 0.05) is 20.8 Å².